The second kappa shape index (κ2) is 6.02. The molecule has 0 N–H and O–H groups in total. The molecule has 4 heteroatoms. The molecule has 1 aromatic heterocycles. The molecule has 2 heterocycles. The Morgan fingerprint density at radius 3 is 2.86 bits per heavy atom. The fourth-order valence-electron chi connectivity index (χ4n) is 3.18. The third kappa shape index (κ3) is 2.62. The summed E-state index contributed by atoms with van der Waals surface area (Å²) in [7, 11) is 0. The van der Waals surface area contributed by atoms with Crippen LogP contribution < -0.4 is 0 Å². The number of likely N-dealkylation sites (tertiary alicyclic amines) is 1. The number of carbonyl (C=O) groups excluding carboxylic acids is 1. The zero-order valence-electron chi connectivity index (χ0n) is 12.2. The highest BCUT2D eigenvalue weighted by molar-refractivity contribution is 6.34. The van der Waals surface area contributed by atoms with Gasteiger partial charge in [-0.05, 0) is 31.1 Å². The van der Waals surface area contributed by atoms with E-state index in [9.17, 15) is 4.79 Å². The number of hydrogen-bond donors (Lipinski definition) is 0. The summed E-state index contributed by atoms with van der Waals surface area (Å²) in [6.45, 7) is 2.99. The number of fused-ring (bicyclic) bond motifs is 1. The predicted octanol–water partition coefficient (Wildman–Crippen LogP) is 4.29. The lowest BCUT2D eigenvalue weighted by molar-refractivity contribution is 0.0609. The minimum atomic E-state index is 0.0851. The molecule has 0 bridgehead atoms. The Labute approximate surface area is 129 Å². The molecule has 110 valence electrons. The van der Waals surface area contributed by atoms with Gasteiger partial charge in [0, 0.05) is 24.2 Å². The largest absolute Gasteiger partial charge is 0.336 e. The summed E-state index contributed by atoms with van der Waals surface area (Å²) < 4.78 is 0. The van der Waals surface area contributed by atoms with Crippen molar-refractivity contribution in [3.8, 4) is 0 Å². The molecule has 1 fully saturated rings. The van der Waals surface area contributed by atoms with Crippen LogP contribution in [0.15, 0.2) is 30.5 Å². The van der Waals surface area contributed by atoms with E-state index >= 15 is 0 Å². The molecule has 1 aliphatic rings. The second-order valence-electron chi connectivity index (χ2n) is 5.56. The van der Waals surface area contributed by atoms with Crippen molar-refractivity contribution in [1.29, 1.82) is 0 Å². The maximum Gasteiger partial charge on any atom is 0.256 e. The molecule has 0 spiro atoms. The first-order valence-electron chi connectivity index (χ1n) is 7.56. The van der Waals surface area contributed by atoms with Crippen LogP contribution >= 0.6 is 11.6 Å². The fraction of sp³-hybridized carbons (Fsp3) is 0.412. The number of hydrogen-bond acceptors (Lipinski definition) is 2. The molecule has 1 atom stereocenters. The Balaban J connectivity index is 2.03. The number of carbonyl (C=O) groups is 1. The van der Waals surface area contributed by atoms with E-state index in [1.807, 2.05) is 29.2 Å². The normalized spacial score (nSPS) is 19.0. The minimum absolute atomic E-state index is 0.0851. The lowest BCUT2D eigenvalue weighted by atomic mass is 9.98. The average Bonchev–Trinajstić information content (AvgIpc) is 2.55. The van der Waals surface area contributed by atoms with Gasteiger partial charge in [0.2, 0.25) is 0 Å². The van der Waals surface area contributed by atoms with Gasteiger partial charge in [0.25, 0.3) is 5.91 Å². The fourth-order valence-corrected chi connectivity index (χ4v) is 3.39. The maximum absolute atomic E-state index is 12.9. The number of aromatic nitrogens is 1. The molecule has 0 saturated carbocycles. The highest BCUT2D eigenvalue weighted by Crippen LogP contribution is 2.27. The molecule has 1 aromatic carbocycles. The van der Waals surface area contributed by atoms with E-state index < -0.39 is 0 Å². The molecule has 2 aromatic rings. The second-order valence-corrected chi connectivity index (χ2v) is 5.92. The summed E-state index contributed by atoms with van der Waals surface area (Å²) in [5.74, 6) is 0.0851. The van der Waals surface area contributed by atoms with Gasteiger partial charge in [-0.15, -0.1) is 0 Å². The van der Waals surface area contributed by atoms with Crippen LogP contribution in [0.25, 0.3) is 10.8 Å². The predicted molar refractivity (Wildman–Crippen MR) is 85.7 cm³/mol. The number of nitrogens with zero attached hydrogens (tertiary/aromatic N) is 2. The Hall–Kier alpha value is -1.61. The number of amides is 1. The van der Waals surface area contributed by atoms with Gasteiger partial charge >= 0.3 is 0 Å². The van der Waals surface area contributed by atoms with Gasteiger partial charge in [-0.25, -0.2) is 4.98 Å². The van der Waals surface area contributed by atoms with E-state index in [1.54, 1.807) is 6.20 Å². The van der Waals surface area contributed by atoms with Crippen LogP contribution in [0.5, 0.6) is 0 Å². The van der Waals surface area contributed by atoms with Gasteiger partial charge in [0.1, 0.15) is 5.15 Å². The van der Waals surface area contributed by atoms with E-state index in [2.05, 4.69) is 11.9 Å². The SMILES string of the molecule is CCC1CCCCN1C(=O)c1cnc(Cl)c2ccccc12. The van der Waals surface area contributed by atoms with Crippen molar-refractivity contribution in [2.45, 2.75) is 38.6 Å². The monoisotopic (exact) mass is 302 g/mol. The zero-order valence-corrected chi connectivity index (χ0v) is 12.9. The van der Waals surface area contributed by atoms with Crippen LogP contribution in [0.4, 0.5) is 0 Å². The first kappa shape index (κ1) is 14.3. The average molecular weight is 303 g/mol. The van der Waals surface area contributed by atoms with Crippen molar-refractivity contribution >= 4 is 28.3 Å². The first-order valence-corrected chi connectivity index (χ1v) is 7.94. The van der Waals surface area contributed by atoms with Gasteiger partial charge in [-0.1, -0.05) is 42.8 Å². The van der Waals surface area contributed by atoms with E-state index in [-0.39, 0.29) is 5.91 Å². The molecular weight excluding hydrogens is 284 g/mol. The quantitative estimate of drug-likeness (QED) is 0.775. The van der Waals surface area contributed by atoms with Gasteiger partial charge in [0.15, 0.2) is 0 Å². The summed E-state index contributed by atoms with van der Waals surface area (Å²) in [5.41, 5.74) is 0.662. The third-order valence-electron chi connectivity index (χ3n) is 4.34. The van der Waals surface area contributed by atoms with Crippen LogP contribution in [-0.2, 0) is 0 Å². The van der Waals surface area contributed by atoms with Crippen molar-refractivity contribution in [2.75, 3.05) is 6.54 Å². The molecule has 0 radical (unpaired) electrons. The van der Waals surface area contributed by atoms with Crippen LogP contribution in [-0.4, -0.2) is 28.4 Å². The number of benzene rings is 1. The highest BCUT2D eigenvalue weighted by Gasteiger charge is 2.27. The first-order chi connectivity index (χ1) is 10.2. The van der Waals surface area contributed by atoms with Crippen molar-refractivity contribution < 1.29 is 4.79 Å². The molecule has 1 aliphatic heterocycles. The highest BCUT2D eigenvalue weighted by atomic mass is 35.5. The van der Waals surface area contributed by atoms with Crippen LogP contribution in [0.3, 0.4) is 0 Å². The van der Waals surface area contributed by atoms with Crippen molar-refractivity contribution in [3.05, 3.63) is 41.2 Å². The van der Waals surface area contributed by atoms with Gasteiger partial charge in [-0.2, -0.15) is 0 Å². The van der Waals surface area contributed by atoms with Gasteiger partial charge in [0.05, 0.1) is 5.56 Å². The topological polar surface area (TPSA) is 33.2 Å². The molecular formula is C17H19ClN2O. The number of rotatable bonds is 2. The van der Waals surface area contributed by atoms with Gasteiger partial charge in [-0.3, -0.25) is 4.79 Å². The maximum atomic E-state index is 12.9. The molecule has 21 heavy (non-hydrogen) atoms. The summed E-state index contributed by atoms with van der Waals surface area (Å²) >= 11 is 6.14. The minimum Gasteiger partial charge on any atom is -0.336 e. The van der Waals surface area contributed by atoms with Crippen LogP contribution in [0.1, 0.15) is 43.0 Å². The lowest BCUT2D eigenvalue weighted by Crippen LogP contribution is -2.43. The Bertz CT molecular complexity index is 671. The van der Waals surface area contributed by atoms with Gasteiger partial charge < -0.3 is 4.90 Å². The molecule has 3 nitrogen and oxygen atoms in total. The molecule has 0 aliphatic carbocycles. The zero-order chi connectivity index (χ0) is 14.8. The molecule has 1 unspecified atom stereocenters. The summed E-state index contributed by atoms with van der Waals surface area (Å²) in [5, 5.41) is 2.19. The van der Waals surface area contributed by atoms with E-state index in [1.165, 1.54) is 6.42 Å². The summed E-state index contributed by atoms with van der Waals surface area (Å²) in [4.78, 5) is 19.1. The Morgan fingerprint density at radius 1 is 1.33 bits per heavy atom. The summed E-state index contributed by atoms with van der Waals surface area (Å²) in [6.07, 6.45) is 6.02. The standard InChI is InChI=1S/C17H19ClN2O/c1-2-12-7-5-6-10-20(12)17(21)15-11-19-16(18)14-9-4-3-8-13(14)15/h3-4,8-9,11-12H,2,5-7,10H2,1H3. The number of piperidine rings is 1. The Morgan fingerprint density at radius 2 is 2.10 bits per heavy atom. The molecule has 1 saturated heterocycles. The van der Waals surface area contributed by atoms with E-state index in [0.29, 0.717) is 16.8 Å². The van der Waals surface area contributed by atoms with Crippen molar-refractivity contribution in [3.63, 3.8) is 0 Å². The van der Waals surface area contributed by atoms with Crippen LogP contribution in [0, 0.1) is 0 Å². The smallest absolute Gasteiger partial charge is 0.256 e. The molecule has 1 amide bonds. The Kier molecular flexibility index (Phi) is 4.11. The van der Waals surface area contributed by atoms with Crippen LogP contribution in [0.2, 0.25) is 5.15 Å². The molecule has 3 rings (SSSR count). The van der Waals surface area contributed by atoms with E-state index in [4.69, 9.17) is 11.6 Å². The third-order valence-corrected chi connectivity index (χ3v) is 4.64. The van der Waals surface area contributed by atoms with E-state index in [0.717, 1.165) is 36.6 Å². The van der Waals surface area contributed by atoms with Crippen molar-refractivity contribution in [2.24, 2.45) is 0 Å². The van der Waals surface area contributed by atoms with Crippen molar-refractivity contribution in [1.82, 2.24) is 9.88 Å². The number of pyridine rings is 1. The number of halogens is 1. The lowest BCUT2D eigenvalue weighted by Gasteiger charge is -2.35. The summed E-state index contributed by atoms with van der Waals surface area (Å²) in [6, 6.07) is 8.06.